The summed E-state index contributed by atoms with van der Waals surface area (Å²) in [6.07, 6.45) is 17.5. The zero-order chi connectivity index (χ0) is 21.4. The van der Waals surface area contributed by atoms with E-state index < -0.39 is 0 Å². The molecule has 0 fully saturated rings. The third kappa shape index (κ3) is 9.60. The summed E-state index contributed by atoms with van der Waals surface area (Å²) in [5.74, 6) is 2.35. The van der Waals surface area contributed by atoms with Gasteiger partial charge in [0, 0.05) is 5.56 Å². The van der Waals surface area contributed by atoms with Gasteiger partial charge in [0.25, 0.3) is 0 Å². The van der Waals surface area contributed by atoms with Crippen LogP contribution >= 0.6 is 0 Å². The zero-order valence-corrected chi connectivity index (χ0v) is 19.2. The maximum Gasteiger partial charge on any atom is 0.159 e. The Kier molecular flexibility index (Phi) is 11.9. The van der Waals surface area contributed by atoms with Crippen LogP contribution in [0.5, 0.6) is 11.5 Å². The van der Waals surface area contributed by atoms with Crippen LogP contribution in [-0.2, 0) is 0 Å². The van der Waals surface area contributed by atoms with Gasteiger partial charge >= 0.3 is 0 Å². The molecule has 2 aromatic rings. The minimum absolute atomic E-state index is 0.243. The van der Waals surface area contributed by atoms with E-state index in [1.54, 1.807) is 12.4 Å². The highest BCUT2D eigenvalue weighted by Gasteiger charge is 2.06. The molecule has 0 bridgehead atoms. The second kappa shape index (κ2) is 14.8. The molecule has 30 heavy (non-hydrogen) atoms. The zero-order valence-electron chi connectivity index (χ0n) is 19.2. The SMILES string of the molecule is CCCCCCCCOc1cnc(-c2ccc(OC(C)CCCCCC)cc2)nc1. The number of aromatic nitrogens is 2. The van der Waals surface area contributed by atoms with Gasteiger partial charge in [-0.1, -0.05) is 65.2 Å². The molecule has 1 aromatic carbocycles. The average molecular weight is 413 g/mol. The summed E-state index contributed by atoms with van der Waals surface area (Å²) in [5, 5.41) is 0. The molecule has 0 aliphatic rings. The molecule has 1 unspecified atom stereocenters. The van der Waals surface area contributed by atoms with E-state index in [9.17, 15) is 0 Å². The Morgan fingerprint density at radius 3 is 2.00 bits per heavy atom. The first-order valence-electron chi connectivity index (χ1n) is 11.9. The maximum atomic E-state index is 6.03. The fraction of sp³-hybridized carbons (Fsp3) is 0.615. The third-order valence-electron chi connectivity index (χ3n) is 5.31. The summed E-state index contributed by atoms with van der Waals surface area (Å²) in [4.78, 5) is 8.92. The van der Waals surface area contributed by atoms with Gasteiger partial charge in [-0.3, -0.25) is 0 Å². The van der Waals surface area contributed by atoms with E-state index >= 15 is 0 Å². The third-order valence-corrected chi connectivity index (χ3v) is 5.31. The summed E-state index contributed by atoms with van der Waals surface area (Å²) >= 11 is 0. The highest BCUT2D eigenvalue weighted by atomic mass is 16.5. The summed E-state index contributed by atoms with van der Waals surface area (Å²) in [7, 11) is 0. The molecule has 1 aromatic heterocycles. The van der Waals surface area contributed by atoms with Gasteiger partial charge in [-0.25, -0.2) is 9.97 Å². The minimum Gasteiger partial charge on any atom is -0.491 e. The summed E-state index contributed by atoms with van der Waals surface area (Å²) in [6, 6.07) is 8.05. The lowest BCUT2D eigenvalue weighted by molar-refractivity contribution is 0.206. The number of nitrogens with zero attached hydrogens (tertiary/aromatic N) is 2. The Hall–Kier alpha value is -2.10. The lowest BCUT2D eigenvalue weighted by atomic mass is 10.1. The molecular weight excluding hydrogens is 372 g/mol. The quantitative estimate of drug-likeness (QED) is 0.266. The predicted octanol–water partition coefficient (Wildman–Crippen LogP) is 7.62. The predicted molar refractivity (Wildman–Crippen MR) is 125 cm³/mol. The molecule has 2 rings (SSSR count). The second-order valence-corrected chi connectivity index (χ2v) is 8.16. The van der Waals surface area contributed by atoms with Crippen LogP contribution in [0.15, 0.2) is 36.7 Å². The van der Waals surface area contributed by atoms with E-state index in [4.69, 9.17) is 9.47 Å². The van der Waals surface area contributed by atoms with Gasteiger partial charge in [0.1, 0.15) is 5.75 Å². The van der Waals surface area contributed by atoms with E-state index in [1.165, 1.54) is 57.8 Å². The Balaban J connectivity index is 1.73. The number of unbranched alkanes of at least 4 members (excludes halogenated alkanes) is 8. The number of benzene rings is 1. The highest BCUT2D eigenvalue weighted by Crippen LogP contribution is 2.22. The first-order valence-corrected chi connectivity index (χ1v) is 11.9. The number of hydrogen-bond acceptors (Lipinski definition) is 4. The van der Waals surface area contributed by atoms with Crippen molar-refractivity contribution in [1.29, 1.82) is 0 Å². The van der Waals surface area contributed by atoms with Crippen molar-refractivity contribution >= 4 is 0 Å². The minimum atomic E-state index is 0.243. The second-order valence-electron chi connectivity index (χ2n) is 8.16. The van der Waals surface area contributed by atoms with Crippen LogP contribution in [0.3, 0.4) is 0 Å². The van der Waals surface area contributed by atoms with E-state index in [2.05, 4.69) is 30.7 Å². The van der Waals surface area contributed by atoms with Gasteiger partial charge in [0.2, 0.25) is 0 Å². The van der Waals surface area contributed by atoms with Crippen LogP contribution in [0.1, 0.15) is 91.4 Å². The van der Waals surface area contributed by atoms with Crippen molar-refractivity contribution < 1.29 is 9.47 Å². The van der Waals surface area contributed by atoms with Gasteiger partial charge in [-0.05, 0) is 50.5 Å². The van der Waals surface area contributed by atoms with E-state index in [-0.39, 0.29) is 6.10 Å². The molecule has 4 heteroatoms. The van der Waals surface area contributed by atoms with Crippen LogP contribution < -0.4 is 9.47 Å². The summed E-state index contributed by atoms with van der Waals surface area (Å²) in [5.41, 5.74) is 0.987. The van der Waals surface area contributed by atoms with E-state index in [0.717, 1.165) is 36.5 Å². The molecule has 0 aliphatic carbocycles. The monoisotopic (exact) mass is 412 g/mol. The van der Waals surface area contributed by atoms with Crippen LogP contribution in [0.25, 0.3) is 11.4 Å². The topological polar surface area (TPSA) is 44.2 Å². The summed E-state index contributed by atoms with van der Waals surface area (Å²) in [6.45, 7) is 7.36. The van der Waals surface area contributed by atoms with Crippen molar-refractivity contribution in [3.63, 3.8) is 0 Å². The molecule has 0 radical (unpaired) electrons. The fourth-order valence-corrected chi connectivity index (χ4v) is 3.44. The number of rotatable bonds is 16. The molecule has 166 valence electrons. The smallest absolute Gasteiger partial charge is 0.159 e. The Morgan fingerprint density at radius 2 is 1.33 bits per heavy atom. The number of ether oxygens (including phenoxy) is 2. The van der Waals surface area contributed by atoms with Crippen LogP contribution in [0.2, 0.25) is 0 Å². The molecule has 0 spiro atoms. The van der Waals surface area contributed by atoms with Crippen molar-refractivity contribution in [2.24, 2.45) is 0 Å². The molecule has 0 amide bonds. The standard InChI is InChI=1S/C26H40N2O2/c1-4-6-8-10-11-13-19-29-25-20-27-26(28-21-25)23-15-17-24(18-16-23)30-22(3)14-12-9-7-5-2/h15-18,20-22H,4-14,19H2,1-3H3. The Labute approximate surface area is 183 Å². The summed E-state index contributed by atoms with van der Waals surface area (Å²) < 4.78 is 11.8. The van der Waals surface area contributed by atoms with Crippen LogP contribution in [0.4, 0.5) is 0 Å². The molecule has 0 N–H and O–H groups in total. The van der Waals surface area contributed by atoms with Gasteiger partial charge < -0.3 is 9.47 Å². The van der Waals surface area contributed by atoms with Gasteiger partial charge in [0.05, 0.1) is 25.1 Å². The van der Waals surface area contributed by atoms with Crippen molar-refractivity contribution in [1.82, 2.24) is 9.97 Å². The fourth-order valence-electron chi connectivity index (χ4n) is 3.44. The average Bonchev–Trinajstić information content (AvgIpc) is 2.77. The van der Waals surface area contributed by atoms with E-state index in [0.29, 0.717) is 5.82 Å². The first-order chi connectivity index (χ1) is 14.7. The lowest BCUT2D eigenvalue weighted by Gasteiger charge is -2.14. The van der Waals surface area contributed by atoms with Gasteiger partial charge in [0.15, 0.2) is 11.6 Å². The van der Waals surface area contributed by atoms with Gasteiger partial charge in [-0.15, -0.1) is 0 Å². The van der Waals surface area contributed by atoms with Crippen molar-refractivity contribution in [2.45, 2.75) is 97.5 Å². The highest BCUT2D eigenvalue weighted by molar-refractivity contribution is 5.56. The van der Waals surface area contributed by atoms with E-state index in [1.807, 2.05) is 24.3 Å². The lowest BCUT2D eigenvalue weighted by Crippen LogP contribution is -2.11. The molecule has 0 aliphatic heterocycles. The molecule has 0 saturated carbocycles. The van der Waals surface area contributed by atoms with Crippen LogP contribution in [-0.4, -0.2) is 22.7 Å². The van der Waals surface area contributed by atoms with Crippen molar-refractivity contribution in [3.05, 3.63) is 36.7 Å². The largest absolute Gasteiger partial charge is 0.491 e. The molecule has 1 heterocycles. The Bertz CT molecular complexity index is 670. The molecular formula is C26H40N2O2. The van der Waals surface area contributed by atoms with Crippen molar-refractivity contribution in [2.75, 3.05) is 6.61 Å². The van der Waals surface area contributed by atoms with Crippen LogP contribution in [0, 0.1) is 0 Å². The molecule has 4 nitrogen and oxygen atoms in total. The number of hydrogen-bond donors (Lipinski definition) is 0. The first kappa shape index (κ1) is 24.2. The Morgan fingerprint density at radius 1 is 0.733 bits per heavy atom. The molecule has 1 atom stereocenters. The van der Waals surface area contributed by atoms with Crippen molar-refractivity contribution in [3.8, 4) is 22.9 Å². The van der Waals surface area contributed by atoms with Gasteiger partial charge in [-0.2, -0.15) is 0 Å². The molecule has 0 saturated heterocycles. The maximum absolute atomic E-state index is 6.03. The normalized spacial score (nSPS) is 12.0.